The normalized spacial score (nSPS) is 12.5. The average Bonchev–Trinajstić information content (AvgIpc) is 2.49. The topological polar surface area (TPSA) is 106 Å². The van der Waals surface area contributed by atoms with E-state index in [1.54, 1.807) is 6.07 Å². The first-order chi connectivity index (χ1) is 11.5. The highest BCUT2D eigenvalue weighted by atomic mass is 35.5. The average molecular weight is 442 g/mol. The van der Waals surface area contributed by atoms with Crippen molar-refractivity contribution in [3.63, 3.8) is 0 Å². The first-order valence-electron chi connectivity index (χ1n) is 6.47. The van der Waals surface area contributed by atoms with Crippen LogP contribution in [0.15, 0.2) is 46.7 Å². The second kappa shape index (κ2) is 7.53. The van der Waals surface area contributed by atoms with Crippen LogP contribution in [0.1, 0.15) is 5.56 Å². The Balaban J connectivity index is 2.37. The van der Waals surface area contributed by atoms with Crippen LogP contribution in [-0.4, -0.2) is 16.8 Å². The lowest BCUT2D eigenvalue weighted by molar-refractivity contribution is 0.598. The molecule has 3 N–H and O–H groups in total. The van der Waals surface area contributed by atoms with Crippen molar-refractivity contribution >= 4 is 66.6 Å². The third-order valence-corrected chi connectivity index (χ3v) is 5.90. The van der Waals surface area contributed by atoms with Crippen LogP contribution in [0, 0.1) is 0 Å². The van der Waals surface area contributed by atoms with Crippen molar-refractivity contribution < 1.29 is 16.8 Å². The molecule has 11 heteroatoms. The number of nitrogens with one attached hydrogen (secondary N) is 1. The molecular weight excluding hydrogens is 431 g/mol. The summed E-state index contributed by atoms with van der Waals surface area (Å²) >= 11 is 17.5. The lowest BCUT2D eigenvalue weighted by Crippen LogP contribution is -2.17. The van der Waals surface area contributed by atoms with Crippen LogP contribution in [0.25, 0.3) is 6.08 Å². The molecule has 0 aliphatic carbocycles. The van der Waals surface area contributed by atoms with Crippen LogP contribution < -0.4 is 9.86 Å². The van der Waals surface area contributed by atoms with E-state index in [1.165, 1.54) is 30.3 Å². The van der Waals surface area contributed by atoms with Gasteiger partial charge in [0.1, 0.15) is 4.90 Å². The molecular formula is C14H11Cl3N2O4S2. The zero-order chi connectivity index (χ0) is 18.8. The first-order valence-corrected chi connectivity index (χ1v) is 10.7. The molecule has 0 spiro atoms. The molecule has 0 aliphatic heterocycles. The molecule has 2 aromatic carbocycles. The molecule has 0 bridgehead atoms. The Morgan fingerprint density at radius 2 is 1.60 bits per heavy atom. The summed E-state index contributed by atoms with van der Waals surface area (Å²) in [7, 11) is -8.25. The van der Waals surface area contributed by atoms with Gasteiger partial charge in [0.2, 0.25) is 10.0 Å². The fourth-order valence-electron chi connectivity index (χ4n) is 1.80. The third-order valence-electron chi connectivity index (χ3n) is 2.91. The van der Waals surface area contributed by atoms with E-state index in [0.29, 0.717) is 10.6 Å². The number of halogens is 3. The van der Waals surface area contributed by atoms with E-state index in [2.05, 4.69) is 4.72 Å². The van der Waals surface area contributed by atoms with E-state index < -0.39 is 24.9 Å². The van der Waals surface area contributed by atoms with Gasteiger partial charge in [0.15, 0.2) is 0 Å². The van der Waals surface area contributed by atoms with E-state index >= 15 is 0 Å². The molecule has 0 saturated carbocycles. The van der Waals surface area contributed by atoms with Crippen molar-refractivity contribution in [2.75, 3.05) is 4.72 Å². The van der Waals surface area contributed by atoms with Crippen molar-refractivity contribution in [3.8, 4) is 0 Å². The molecule has 134 valence electrons. The van der Waals surface area contributed by atoms with Gasteiger partial charge in [0, 0.05) is 0 Å². The van der Waals surface area contributed by atoms with Crippen LogP contribution >= 0.6 is 34.8 Å². The van der Waals surface area contributed by atoms with E-state index in [1.807, 2.05) is 0 Å². The molecule has 0 fully saturated rings. The highest BCUT2D eigenvalue weighted by molar-refractivity contribution is 7.95. The second-order valence-electron chi connectivity index (χ2n) is 4.78. The molecule has 0 radical (unpaired) electrons. The Hall–Kier alpha value is -1.29. The molecule has 0 unspecified atom stereocenters. The molecule has 25 heavy (non-hydrogen) atoms. The first kappa shape index (κ1) is 20.0. The van der Waals surface area contributed by atoms with E-state index in [0.717, 1.165) is 11.5 Å². The molecule has 2 aromatic rings. The van der Waals surface area contributed by atoms with E-state index in [-0.39, 0.29) is 15.7 Å². The maximum atomic E-state index is 12.2. The number of primary sulfonamides is 1. The van der Waals surface area contributed by atoms with Gasteiger partial charge in [-0.15, -0.1) is 0 Å². The summed E-state index contributed by atoms with van der Waals surface area (Å²) < 4.78 is 49.7. The zero-order valence-corrected chi connectivity index (χ0v) is 16.2. The molecule has 0 atom stereocenters. The van der Waals surface area contributed by atoms with Crippen molar-refractivity contribution in [3.05, 3.63) is 62.4 Å². The Morgan fingerprint density at radius 1 is 0.920 bits per heavy atom. The Morgan fingerprint density at radius 3 is 2.20 bits per heavy atom. The van der Waals surface area contributed by atoms with Gasteiger partial charge in [-0.3, -0.25) is 4.72 Å². The van der Waals surface area contributed by atoms with Crippen molar-refractivity contribution in [1.29, 1.82) is 0 Å². The van der Waals surface area contributed by atoms with Gasteiger partial charge >= 0.3 is 0 Å². The van der Waals surface area contributed by atoms with Crippen molar-refractivity contribution in [1.82, 2.24) is 0 Å². The molecule has 0 saturated heterocycles. The van der Waals surface area contributed by atoms with Crippen molar-refractivity contribution in [2.45, 2.75) is 4.90 Å². The number of anilines is 1. The zero-order valence-electron chi connectivity index (χ0n) is 12.3. The number of para-hydroxylation sites is 1. The number of benzene rings is 2. The number of hydrogen-bond donors (Lipinski definition) is 2. The van der Waals surface area contributed by atoms with Gasteiger partial charge in [-0.1, -0.05) is 46.9 Å². The van der Waals surface area contributed by atoms with Gasteiger partial charge < -0.3 is 0 Å². The van der Waals surface area contributed by atoms with Crippen LogP contribution in [-0.2, 0) is 20.0 Å². The molecule has 0 aromatic heterocycles. The highest BCUT2D eigenvalue weighted by Crippen LogP contribution is 2.30. The predicted octanol–water partition coefficient (Wildman–Crippen LogP) is 3.71. The monoisotopic (exact) mass is 440 g/mol. The van der Waals surface area contributed by atoms with Gasteiger partial charge in [-0.05, 0) is 35.9 Å². The van der Waals surface area contributed by atoms with Gasteiger partial charge in [-0.25, -0.2) is 22.0 Å². The molecule has 2 rings (SSSR count). The maximum absolute atomic E-state index is 12.2. The fourth-order valence-corrected chi connectivity index (χ4v) is 4.13. The summed E-state index contributed by atoms with van der Waals surface area (Å²) in [5, 5.41) is 6.39. The number of rotatable bonds is 5. The van der Waals surface area contributed by atoms with Crippen LogP contribution in [0.2, 0.25) is 15.1 Å². The van der Waals surface area contributed by atoms with Crippen LogP contribution in [0.5, 0.6) is 0 Å². The smallest absolute Gasteiger partial charge is 0.255 e. The van der Waals surface area contributed by atoms with Crippen LogP contribution in [0.3, 0.4) is 0 Å². The summed E-state index contributed by atoms with van der Waals surface area (Å²) in [6.45, 7) is 0. The van der Waals surface area contributed by atoms with Crippen LogP contribution in [0.4, 0.5) is 5.69 Å². The number of sulfonamides is 2. The fraction of sp³-hybridized carbons (Fsp3) is 0. The molecule has 0 amide bonds. The minimum atomic E-state index is -4.17. The summed E-state index contributed by atoms with van der Waals surface area (Å²) in [6.07, 6.45) is 1.26. The van der Waals surface area contributed by atoms with E-state index in [9.17, 15) is 16.8 Å². The second-order valence-corrected chi connectivity index (χ2v) is 9.10. The number of nitrogens with two attached hydrogens (primary N) is 1. The summed E-state index contributed by atoms with van der Waals surface area (Å²) in [5.41, 5.74) is 0.149. The maximum Gasteiger partial charge on any atom is 0.255 e. The summed E-state index contributed by atoms with van der Waals surface area (Å²) in [6, 6.07) is 8.35. The quantitative estimate of drug-likeness (QED) is 0.737. The number of hydrogen-bond acceptors (Lipinski definition) is 4. The minimum Gasteiger partial charge on any atom is -0.277 e. The SMILES string of the molecule is NS(=O)(=O)c1cccc(Cl)c1NS(=O)(=O)C=Cc1ccc(Cl)c(Cl)c1. The standard InChI is InChI=1S/C14H11Cl3N2O4S2/c15-10-5-4-9(8-12(10)17)6-7-24(20,21)19-14-11(16)2-1-3-13(14)25(18,22)23/h1-8,19H,(H2,18,22,23). The summed E-state index contributed by atoms with van der Waals surface area (Å²) in [5.74, 6) is 0. The Labute approximate surface area is 160 Å². The predicted molar refractivity (Wildman–Crippen MR) is 101 cm³/mol. The van der Waals surface area contributed by atoms with Gasteiger partial charge in [-0.2, -0.15) is 0 Å². The molecule has 6 nitrogen and oxygen atoms in total. The minimum absolute atomic E-state index is 0.113. The lowest BCUT2D eigenvalue weighted by Gasteiger charge is -2.11. The lowest BCUT2D eigenvalue weighted by atomic mass is 10.2. The highest BCUT2D eigenvalue weighted by Gasteiger charge is 2.19. The summed E-state index contributed by atoms with van der Waals surface area (Å²) in [4.78, 5) is -0.438. The van der Waals surface area contributed by atoms with Gasteiger partial charge in [0.05, 0.1) is 26.2 Å². The molecule has 0 heterocycles. The molecule has 0 aliphatic rings. The Bertz CT molecular complexity index is 1050. The third kappa shape index (κ3) is 5.34. The Kier molecular flexibility index (Phi) is 6.03. The van der Waals surface area contributed by atoms with Gasteiger partial charge in [0.25, 0.3) is 10.0 Å². The van der Waals surface area contributed by atoms with Crippen molar-refractivity contribution in [2.24, 2.45) is 5.14 Å². The van der Waals surface area contributed by atoms with E-state index in [4.69, 9.17) is 39.9 Å². The largest absolute Gasteiger partial charge is 0.277 e.